The zero-order valence-electron chi connectivity index (χ0n) is 11.0. The number of phenolic OH excluding ortho intramolecular Hbond substituents is 1. The lowest BCUT2D eigenvalue weighted by molar-refractivity contribution is 0.318. The number of aromatic hydroxyl groups is 1. The molecule has 2 aromatic carbocycles. The summed E-state index contributed by atoms with van der Waals surface area (Å²) in [7, 11) is 0. The Labute approximate surface area is 131 Å². The largest absolute Gasteiger partial charge is 0.504 e. The van der Waals surface area contributed by atoms with Crippen LogP contribution >= 0.6 is 27.5 Å². The molecule has 3 nitrogen and oxygen atoms in total. The van der Waals surface area contributed by atoms with E-state index in [9.17, 15) is 5.11 Å². The van der Waals surface area contributed by atoms with Gasteiger partial charge in [0.2, 0.25) is 0 Å². The Morgan fingerprint density at radius 3 is 2.75 bits per heavy atom. The van der Waals surface area contributed by atoms with Crippen molar-refractivity contribution in [3.63, 3.8) is 0 Å². The third-order valence-corrected chi connectivity index (χ3v) is 3.95. The van der Waals surface area contributed by atoms with E-state index in [-0.39, 0.29) is 5.75 Å². The second-order valence-corrected chi connectivity index (χ2v) is 5.48. The van der Waals surface area contributed by atoms with Gasteiger partial charge in [-0.2, -0.15) is 0 Å². The fraction of sp³-hybridized carbons (Fsp3) is 0.200. The quantitative estimate of drug-likeness (QED) is 0.807. The molecule has 0 radical (unpaired) electrons. The van der Waals surface area contributed by atoms with Gasteiger partial charge in [0, 0.05) is 16.7 Å². The van der Waals surface area contributed by atoms with E-state index in [0.717, 1.165) is 15.7 Å². The average Bonchev–Trinajstić information content (AvgIpc) is 2.43. The van der Waals surface area contributed by atoms with Crippen molar-refractivity contribution in [3.8, 4) is 11.5 Å². The summed E-state index contributed by atoms with van der Waals surface area (Å²) >= 11 is 9.34. The molecule has 0 aliphatic rings. The van der Waals surface area contributed by atoms with E-state index in [1.807, 2.05) is 37.3 Å². The zero-order valence-corrected chi connectivity index (χ0v) is 13.3. The van der Waals surface area contributed by atoms with Crippen molar-refractivity contribution >= 4 is 33.2 Å². The van der Waals surface area contributed by atoms with Gasteiger partial charge in [0.05, 0.1) is 11.6 Å². The second-order valence-electron chi connectivity index (χ2n) is 4.22. The van der Waals surface area contributed by atoms with Crippen LogP contribution in [0.4, 0.5) is 5.69 Å². The molecular weight excluding hydrogens is 342 g/mol. The monoisotopic (exact) mass is 355 g/mol. The molecule has 2 rings (SSSR count). The normalized spacial score (nSPS) is 10.3. The molecule has 0 saturated heterocycles. The van der Waals surface area contributed by atoms with Crippen LogP contribution in [-0.2, 0) is 6.54 Å². The number of ether oxygens (including phenoxy) is 1. The number of benzene rings is 2. The van der Waals surface area contributed by atoms with Crippen LogP contribution in [0.15, 0.2) is 40.9 Å². The summed E-state index contributed by atoms with van der Waals surface area (Å²) in [5.74, 6) is 0.661. The molecule has 0 saturated carbocycles. The maximum Gasteiger partial charge on any atom is 0.161 e. The summed E-state index contributed by atoms with van der Waals surface area (Å²) in [5.41, 5.74) is 1.99. The van der Waals surface area contributed by atoms with Gasteiger partial charge < -0.3 is 15.2 Å². The number of halogens is 2. The first kappa shape index (κ1) is 15.0. The highest BCUT2D eigenvalue weighted by Gasteiger charge is 2.04. The van der Waals surface area contributed by atoms with Crippen molar-refractivity contribution in [2.45, 2.75) is 13.5 Å². The van der Waals surface area contributed by atoms with Crippen molar-refractivity contribution in [3.05, 3.63) is 51.5 Å². The number of anilines is 1. The lowest BCUT2D eigenvalue weighted by Crippen LogP contribution is -2.00. The van der Waals surface area contributed by atoms with Crippen molar-refractivity contribution in [2.24, 2.45) is 0 Å². The van der Waals surface area contributed by atoms with E-state index in [1.54, 1.807) is 6.07 Å². The van der Waals surface area contributed by atoms with Crippen LogP contribution < -0.4 is 10.1 Å². The predicted octanol–water partition coefficient (Wildman–Crippen LogP) is 4.82. The Kier molecular flexibility index (Phi) is 5.15. The molecule has 0 atom stereocenters. The number of hydrogen-bond acceptors (Lipinski definition) is 3. The Hall–Kier alpha value is -1.39. The van der Waals surface area contributed by atoms with Crippen LogP contribution in [0.1, 0.15) is 12.5 Å². The van der Waals surface area contributed by atoms with Gasteiger partial charge in [-0.3, -0.25) is 0 Å². The van der Waals surface area contributed by atoms with E-state index in [1.165, 1.54) is 0 Å². The average molecular weight is 357 g/mol. The molecule has 0 bridgehead atoms. The fourth-order valence-electron chi connectivity index (χ4n) is 1.75. The van der Waals surface area contributed by atoms with Gasteiger partial charge in [-0.25, -0.2) is 0 Å². The van der Waals surface area contributed by atoms with Crippen LogP contribution in [0.2, 0.25) is 5.02 Å². The summed E-state index contributed by atoms with van der Waals surface area (Å²) in [5, 5.41) is 13.6. The minimum atomic E-state index is 0.157. The maximum absolute atomic E-state index is 9.65. The lowest BCUT2D eigenvalue weighted by atomic mass is 10.2. The Bertz CT molecular complexity index is 604. The first-order chi connectivity index (χ1) is 9.60. The molecule has 2 N–H and O–H groups in total. The molecule has 0 aromatic heterocycles. The standard InChI is InChI=1S/C15H15BrClNO2/c1-2-20-15-7-10(3-6-14(15)19)9-18-11-4-5-13(17)12(16)8-11/h3-8,18-19H,2,9H2,1H3. The van der Waals surface area contributed by atoms with Crippen LogP contribution in [-0.4, -0.2) is 11.7 Å². The molecule has 0 fully saturated rings. The molecule has 20 heavy (non-hydrogen) atoms. The van der Waals surface area contributed by atoms with Gasteiger partial charge in [-0.15, -0.1) is 0 Å². The minimum Gasteiger partial charge on any atom is -0.504 e. The number of hydrogen-bond donors (Lipinski definition) is 2. The smallest absolute Gasteiger partial charge is 0.161 e. The molecule has 5 heteroatoms. The molecule has 0 aliphatic heterocycles. The summed E-state index contributed by atoms with van der Waals surface area (Å²) in [6.07, 6.45) is 0. The third kappa shape index (κ3) is 3.81. The maximum atomic E-state index is 9.65. The predicted molar refractivity (Wildman–Crippen MR) is 85.8 cm³/mol. The number of phenols is 1. The molecule has 0 amide bonds. The highest BCUT2D eigenvalue weighted by atomic mass is 79.9. The van der Waals surface area contributed by atoms with E-state index < -0.39 is 0 Å². The van der Waals surface area contributed by atoms with Gasteiger partial charge in [0.1, 0.15) is 0 Å². The summed E-state index contributed by atoms with van der Waals surface area (Å²) < 4.78 is 6.21. The van der Waals surface area contributed by atoms with Crippen molar-refractivity contribution in [2.75, 3.05) is 11.9 Å². The number of nitrogens with one attached hydrogen (secondary N) is 1. The third-order valence-electron chi connectivity index (χ3n) is 2.74. The summed E-state index contributed by atoms with van der Waals surface area (Å²) in [6, 6.07) is 11.0. The van der Waals surface area contributed by atoms with Crippen LogP contribution in [0.3, 0.4) is 0 Å². The van der Waals surface area contributed by atoms with Gasteiger partial charge >= 0.3 is 0 Å². The molecular formula is C15H15BrClNO2. The minimum absolute atomic E-state index is 0.157. The molecule has 0 unspecified atom stereocenters. The Balaban J connectivity index is 2.06. The van der Waals surface area contributed by atoms with Gasteiger partial charge in [-0.05, 0) is 58.7 Å². The number of rotatable bonds is 5. The van der Waals surface area contributed by atoms with E-state index in [4.69, 9.17) is 16.3 Å². The first-order valence-corrected chi connectivity index (χ1v) is 7.41. The van der Waals surface area contributed by atoms with E-state index >= 15 is 0 Å². The molecule has 106 valence electrons. The van der Waals surface area contributed by atoms with Gasteiger partial charge in [-0.1, -0.05) is 17.7 Å². The molecule has 2 aromatic rings. The molecule has 0 aliphatic carbocycles. The molecule has 0 heterocycles. The zero-order chi connectivity index (χ0) is 14.5. The van der Waals surface area contributed by atoms with Crippen molar-refractivity contribution in [1.82, 2.24) is 0 Å². The summed E-state index contributed by atoms with van der Waals surface area (Å²) in [6.45, 7) is 3.04. The molecule has 0 spiro atoms. The van der Waals surface area contributed by atoms with E-state index in [2.05, 4.69) is 21.2 Å². The highest BCUT2D eigenvalue weighted by molar-refractivity contribution is 9.10. The van der Waals surface area contributed by atoms with Crippen molar-refractivity contribution < 1.29 is 9.84 Å². The SMILES string of the molecule is CCOc1cc(CNc2ccc(Cl)c(Br)c2)ccc1O. The fourth-order valence-corrected chi connectivity index (χ4v) is 2.25. The lowest BCUT2D eigenvalue weighted by Gasteiger charge is -2.10. The van der Waals surface area contributed by atoms with Crippen LogP contribution in [0.25, 0.3) is 0 Å². The second kappa shape index (κ2) is 6.86. The summed E-state index contributed by atoms with van der Waals surface area (Å²) in [4.78, 5) is 0. The van der Waals surface area contributed by atoms with E-state index in [0.29, 0.717) is 23.9 Å². The first-order valence-electron chi connectivity index (χ1n) is 6.23. The van der Waals surface area contributed by atoms with Gasteiger partial charge in [0.25, 0.3) is 0 Å². The van der Waals surface area contributed by atoms with Crippen LogP contribution in [0, 0.1) is 0 Å². The van der Waals surface area contributed by atoms with Crippen LogP contribution in [0.5, 0.6) is 11.5 Å². The Morgan fingerprint density at radius 1 is 1.25 bits per heavy atom. The topological polar surface area (TPSA) is 41.5 Å². The Morgan fingerprint density at radius 2 is 2.05 bits per heavy atom. The highest BCUT2D eigenvalue weighted by Crippen LogP contribution is 2.28. The van der Waals surface area contributed by atoms with Crippen molar-refractivity contribution in [1.29, 1.82) is 0 Å². The van der Waals surface area contributed by atoms with Gasteiger partial charge in [0.15, 0.2) is 11.5 Å².